The summed E-state index contributed by atoms with van der Waals surface area (Å²) in [4.78, 5) is 35.4. The van der Waals surface area contributed by atoms with Crippen LogP contribution >= 0.6 is 0 Å². The third kappa shape index (κ3) is 6.08. The molecule has 2 aromatic rings. The van der Waals surface area contributed by atoms with Crippen LogP contribution in [0.1, 0.15) is 33.2 Å². The van der Waals surface area contributed by atoms with Crippen molar-refractivity contribution >= 4 is 17.9 Å². The molecule has 0 amide bonds. The quantitative estimate of drug-likeness (QED) is 0.228. The van der Waals surface area contributed by atoms with E-state index >= 15 is 0 Å². The van der Waals surface area contributed by atoms with Crippen LogP contribution in [0, 0.1) is 17.5 Å². The first kappa shape index (κ1) is 26.9. The summed E-state index contributed by atoms with van der Waals surface area (Å²) in [6.07, 6.45) is -1.14. The van der Waals surface area contributed by atoms with Gasteiger partial charge < -0.3 is 18.9 Å². The Morgan fingerprint density at radius 1 is 1.03 bits per heavy atom. The summed E-state index contributed by atoms with van der Waals surface area (Å²) in [5, 5.41) is 7.89. The van der Waals surface area contributed by atoms with Crippen LogP contribution in [0.15, 0.2) is 31.0 Å². The highest BCUT2D eigenvalue weighted by atomic mass is 19.2. The molecule has 3 rings (SSSR count). The first-order valence-corrected chi connectivity index (χ1v) is 10.8. The highest BCUT2D eigenvalue weighted by Crippen LogP contribution is 2.36. The van der Waals surface area contributed by atoms with Gasteiger partial charge >= 0.3 is 17.9 Å². The van der Waals surface area contributed by atoms with E-state index in [-0.39, 0.29) is 24.3 Å². The van der Waals surface area contributed by atoms with Gasteiger partial charge in [-0.15, -0.1) is 11.7 Å². The fraction of sp³-hybridized carbons (Fsp3) is 0.435. The minimum atomic E-state index is -1.64. The fourth-order valence-electron chi connectivity index (χ4n) is 3.93. The molecule has 13 heteroatoms. The molecule has 0 bridgehead atoms. The average Bonchev–Trinajstić information content (AvgIpc) is 3.27. The van der Waals surface area contributed by atoms with Gasteiger partial charge in [0.05, 0.1) is 6.20 Å². The van der Waals surface area contributed by atoms with E-state index in [4.69, 9.17) is 18.9 Å². The van der Waals surface area contributed by atoms with E-state index in [1.807, 2.05) is 0 Å². The van der Waals surface area contributed by atoms with Crippen LogP contribution in [0.3, 0.4) is 0 Å². The minimum absolute atomic E-state index is 0.0424. The lowest BCUT2D eigenvalue weighted by Crippen LogP contribution is -2.58. The van der Waals surface area contributed by atoms with E-state index in [1.54, 1.807) is 0 Å². The van der Waals surface area contributed by atoms with E-state index in [9.17, 15) is 27.6 Å². The van der Waals surface area contributed by atoms with Gasteiger partial charge in [-0.2, -0.15) is 0 Å². The zero-order valence-electron chi connectivity index (χ0n) is 19.7. The van der Waals surface area contributed by atoms with Crippen LogP contribution in [-0.4, -0.2) is 63.9 Å². The molecule has 0 unspecified atom stereocenters. The number of nitrogens with zero attached hydrogens (tertiary/aromatic N) is 3. The summed E-state index contributed by atoms with van der Waals surface area (Å²) < 4.78 is 64.2. The number of rotatable bonds is 8. The summed E-state index contributed by atoms with van der Waals surface area (Å²) >= 11 is 0. The molecule has 194 valence electrons. The molecule has 0 saturated carbocycles. The molecule has 0 spiro atoms. The fourth-order valence-corrected chi connectivity index (χ4v) is 3.93. The van der Waals surface area contributed by atoms with Gasteiger partial charge in [0, 0.05) is 26.3 Å². The number of benzene rings is 1. The number of ether oxygens (including phenoxy) is 4. The molecule has 1 aliphatic rings. The van der Waals surface area contributed by atoms with Crippen molar-refractivity contribution in [2.45, 2.75) is 57.6 Å². The van der Waals surface area contributed by atoms with E-state index < -0.39 is 65.8 Å². The lowest BCUT2D eigenvalue weighted by Gasteiger charge is -2.44. The second-order valence-corrected chi connectivity index (χ2v) is 8.02. The zero-order chi connectivity index (χ0) is 26.6. The summed E-state index contributed by atoms with van der Waals surface area (Å²) in [6.45, 7) is 6.87. The monoisotopic (exact) mass is 511 g/mol. The second-order valence-electron chi connectivity index (χ2n) is 8.02. The maximum Gasteiger partial charge on any atom is 0.303 e. The van der Waals surface area contributed by atoms with Gasteiger partial charge in [-0.25, -0.2) is 17.9 Å². The number of esters is 3. The van der Waals surface area contributed by atoms with Gasteiger partial charge in [0.25, 0.3) is 0 Å². The van der Waals surface area contributed by atoms with Gasteiger partial charge in [-0.1, -0.05) is 11.3 Å². The molecular formula is C23H24F3N3O7. The molecule has 1 saturated heterocycles. The Labute approximate surface area is 203 Å². The van der Waals surface area contributed by atoms with Crippen molar-refractivity contribution in [3.63, 3.8) is 0 Å². The molecule has 10 nitrogen and oxygen atoms in total. The third-order valence-electron chi connectivity index (χ3n) is 5.30. The molecule has 0 aliphatic carbocycles. The van der Waals surface area contributed by atoms with Gasteiger partial charge in [0.2, 0.25) is 0 Å². The summed E-state index contributed by atoms with van der Waals surface area (Å²) in [5.41, 5.74) is -0.156. The number of aromatic nitrogens is 3. The largest absolute Gasteiger partial charge is 0.463 e. The Morgan fingerprint density at radius 2 is 1.61 bits per heavy atom. The second kappa shape index (κ2) is 11.3. The van der Waals surface area contributed by atoms with E-state index in [2.05, 4.69) is 16.9 Å². The first-order chi connectivity index (χ1) is 17.0. The lowest BCUT2D eigenvalue weighted by atomic mass is 9.90. The first-order valence-electron chi connectivity index (χ1n) is 10.8. The molecule has 2 heterocycles. The van der Waals surface area contributed by atoms with Crippen molar-refractivity contribution in [2.75, 3.05) is 6.61 Å². The van der Waals surface area contributed by atoms with Gasteiger partial charge in [-0.3, -0.25) is 14.4 Å². The van der Waals surface area contributed by atoms with Crippen LogP contribution in [0.5, 0.6) is 0 Å². The highest BCUT2D eigenvalue weighted by Gasteiger charge is 2.51. The van der Waals surface area contributed by atoms with E-state index in [0.717, 1.165) is 19.1 Å². The Hall–Kier alpha value is -3.74. The van der Waals surface area contributed by atoms with Crippen molar-refractivity contribution in [1.29, 1.82) is 0 Å². The van der Waals surface area contributed by atoms with Crippen LogP contribution in [0.25, 0.3) is 11.3 Å². The molecule has 1 fully saturated rings. The summed E-state index contributed by atoms with van der Waals surface area (Å²) in [6, 6.07) is 0.426. The minimum Gasteiger partial charge on any atom is -0.463 e. The van der Waals surface area contributed by atoms with Gasteiger partial charge in [-0.05, 0) is 18.6 Å². The van der Waals surface area contributed by atoms with Crippen LogP contribution in [0.4, 0.5) is 13.2 Å². The Bertz CT molecular complexity index is 1130. The average molecular weight is 511 g/mol. The molecular weight excluding hydrogens is 487 g/mol. The number of hydrogen-bond acceptors (Lipinski definition) is 9. The summed E-state index contributed by atoms with van der Waals surface area (Å²) in [5.74, 6) is -6.48. The number of halogens is 3. The Morgan fingerprint density at radius 3 is 2.14 bits per heavy atom. The van der Waals surface area contributed by atoms with Gasteiger partial charge in [0.1, 0.15) is 30.6 Å². The maximum absolute atomic E-state index is 13.8. The Balaban J connectivity index is 2.10. The lowest BCUT2D eigenvalue weighted by molar-refractivity contribution is -0.228. The predicted octanol–water partition coefficient (Wildman–Crippen LogP) is 2.67. The molecule has 1 aromatic heterocycles. The third-order valence-corrected chi connectivity index (χ3v) is 5.30. The number of carbonyl (C=O) groups is 3. The maximum atomic E-state index is 13.8. The number of hydrogen-bond donors (Lipinski definition) is 0. The normalized spacial score (nSPS) is 23.6. The molecule has 36 heavy (non-hydrogen) atoms. The van der Waals surface area contributed by atoms with E-state index in [0.29, 0.717) is 0 Å². The standard InChI is InChI=1S/C23H24F3N3O7/c1-5-6-18-22(34-12(3)31)21(23(35-13(4)32)19(36-18)10-33-11(2)30)29-9-17(27-28-29)14-7-15(24)20(26)16(25)8-14/h5,7-9,18-19,21-23H,1,6,10H2,2-4H3/t18-,19+,21+,22-,23-/m0/s1. The van der Waals surface area contributed by atoms with Crippen LogP contribution in [-0.2, 0) is 33.3 Å². The molecule has 5 atom stereocenters. The SMILES string of the molecule is C=CC[C@@H]1O[C@H](COC(C)=O)[C@H](OC(C)=O)[C@H](n2cc(-c3cc(F)c(F)c(F)c3)nn2)[C@H]1OC(C)=O. The van der Waals surface area contributed by atoms with E-state index in [1.165, 1.54) is 30.8 Å². The Kier molecular flexibility index (Phi) is 8.45. The molecule has 0 N–H and O–H groups in total. The van der Waals surface area contributed by atoms with Crippen LogP contribution in [0.2, 0.25) is 0 Å². The summed E-state index contributed by atoms with van der Waals surface area (Å²) in [7, 11) is 0. The topological polar surface area (TPSA) is 119 Å². The molecule has 1 aromatic carbocycles. The number of carbonyl (C=O) groups excluding carboxylic acids is 3. The smallest absolute Gasteiger partial charge is 0.303 e. The highest BCUT2D eigenvalue weighted by molar-refractivity contribution is 5.67. The van der Waals surface area contributed by atoms with Crippen molar-refractivity contribution in [3.8, 4) is 11.3 Å². The van der Waals surface area contributed by atoms with Crippen LogP contribution < -0.4 is 0 Å². The van der Waals surface area contributed by atoms with Crippen molar-refractivity contribution < 1.29 is 46.5 Å². The van der Waals surface area contributed by atoms with Crippen molar-refractivity contribution in [1.82, 2.24) is 15.0 Å². The predicted molar refractivity (Wildman–Crippen MR) is 116 cm³/mol. The molecule has 0 radical (unpaired) electrons. The zero-order valence-corrected chi connectivity index (χ0v) is 19.7. The van der Waals surface area contributed by atoms with Gasteiger partial charge in [0.15, 0.2) is 29.7 Å². The van der Waals surface area contributed by atoms with Crippen molar-refractivity contribution in [3.05, 3.63) is 48.4 Å². The molecule has 1 aliphatic heterocycles. The van der Waals surface area contributed by atoms with Crippen molar-refractivity contribution in [2.24, 2.45) is 0 Å².